The molecule has 0 bridgehead atoms. The average Bonchev–Trinajstić information content (AvgIpc) is 2.69. The Morgan fingerprint density at radius 3 is 1.62 bits per heavy atom. The Bertz CT molecular complexity index is 967. The lowest BCUT2D eigenvalue weighted by atomic mass is 10.1. The Balaban J connectivity index is 1.94. The standard InChI is InChI=1S/C23H25N2O3P/c1-17-10-8-11-18(2)22(17)27-29(26,25-24-16-21-14-6-5-7-15-21)28-23-19(3)12-9-13-20(23)4/h5-16H,1-4H3,(H,25,26). The van der Waals surface area contributed by atoms with Crippen LogP contribution in [0.15, 0.2) is 71.8 Å². The number of aryl methyl sites for hydroxylation is 4. The highest BCUT2D eigenvalue weighted by Crippen LogP contribution is 2.48. The van der Waals surface area contributed by atoms with Gasteiger partial charge in [-0.15, -0.1) is 0 Å². The van der Waals surface area contributed by atoms with Crippen molar-refractivity contribution in [3.8, 4) is 11.5 Å². The van der Waals surface area contributed by atoms with Crippen molar-refractivity contribution < 1.29 is 13.6 Å². The summed E-state index contributed by atoms with van der Waals surface area (Å²) in [5, 5.41) is 6.77. The molecule has 1 N–H and O–H groups in total. The van der Waals surface area contributed by atoms with Crippen molar-refractivity contribution in [2.45, 2.75) is 27.7 Å². The van der Waals surface area contributed by atoms with Crippen LogP contribution in [-0.4, -0.2) is 6.21 Å². The van der Waals surface area contributed by atoms with Crippen LogP contribution < -0.4 is 14.2 Å². The van der Waals surface area contributed by atoms with Crippen molar-refractivity contribution in [2.75, 3.05) is 0 Å². The lowest BCUT2D eigenvalue weighted by molar-refractivity contribution is 0.368. The fourth-order valence-electron chi connectivity index (χ4n) is 2.90. The summed E-state index contributed by atoms with van der Waals surface area (Å²) in [4.78, 5) is 0. The van der Waals surface area contributed by atoms with E-state index in [2.05, 4.69) is 10.3 Å². The van der Waals surface area contributed by atoms with E-state index in [1.54, 1.807) is 6.21 Å². The molecule has 29 heavy (non-hydrogen) atoms. The molecule has 0 aliphatic rings. The number of rotatable bonds is 7. The second-order valence-electron chi connectivity index (χ2n) is 6.89. The minimum absolute atomic E-state index is 0.518. The van der Waals surface area contributed by atoms with Crippen molar-refractivity contribution in [1.29, 1.82) is 0 Å². The van der Waals surface area contributed by atoms with Gasteiger partial charge in [-0.3, -0.25) is 0 Å². The fraction of sp³-hybridized carbons (Fsp3) is 0.174. The molecule has 0 fully saturated rings. The summed E-state index contributed by atoms with van der Waals surface area (Å²) in [6, 6.07) is 21.0. The summed E-state index contributed by atoms with van der Waals surface area (Å²) < 4.78 is 25.5. The summed E-state index contributed by atoms with van der Waals surface area (Å²) in [6.45, 7) is 7.61. The molecule has 3 aromatic carbocycles. The highest BCUT2D eigenvalue weighted by atomic mass is 31.2. The molecule has 0 saturated heterocycles. The van der Waals surface area contributed by atoms with Crippen molar-refractivity contribution in [3.05, 3.63) is 94.5 Å². The molecule has 0 aliphatic heterocycles. The lowest BCUT2D eigenvalue weighted by Gasteiger charge is -2.22. The number of nitrogens with one attached hydrogen (secondary N) is 1. The molecule has 3 rings (SSSR count). The second-order valence-corrected chi connectivity index (χ2v) is 8.45. The van der Waals surface area contributed by atoms with Gasteiger partial charge in [0.15, 0.2) is 0 Å². The Morgan fingerprint density at radius 2 is 1.17 bits per heavy atom. The molecule has 0 radical (unpaired) electrons. The smallest absolute Gasteiger partial charge is 0.399 e. The van der Waals surface area contributed by atoms with Gasteiger partial charge in [-0.2, -0.15) is 10.3 Å². The molecule has 0 unspecified atom stereocenters. The molecule has 0 aliphatic carbocycles. The highest BCUT2D eigenvalue weighted by Gasteiger charge is 2.31. The molecule has 6 heteroatoms. The third kappa shape index (κ3) is 5.27. The first-order valence-corrected chi connectivity index (χ1v) is 10.9. The zero-order valence-electron chi connectivity index (χ0n) is 17.0. The Morgan fingerprint density at radius 1 is 0.724 bits per heavy atom. The predicted octanol–water partition coefficient (Wildman–Crippen LogP) is 6.11. The monoisotopic (exact) mass is 408 g/mol. The maximum Gasteiger partial charge on any atom is 0.557 e. The Labute approximate surface area is 172 Å². The molecular weight excluding hydrogens is 383 g/mol. The first-order chi connectivity index (χ1) is 13.9. The van der Waals surface area contributed by atoms with Crippen molar-refractivity contribution in [1.82, 2.24) is 5.20 Å². The molecule has 0 atom stereocenters. The fourth-order valence-corrected chi connectivity index (χ4v) is 4.27. The summed E-state index contributed by atoms with van der Waals surface area (Å²) in [7, 11) is -3.86. The van der Waals surface area contributed by atoms with Crippen molar-refractivity contribution in [3.63, 3.8) is 0 Å². The summed E-state index contributed by atoms with van der Waals surface area (Å²) in [5.41, 5.74) is 4.33. The molecule has 5 nitrogen and oxygen atoms in total. The first kappa shape index (κ1) is 20.7. The van der Waals surface area contributed by atoms with Crippen LogP contribution in [0.2, 0.25) is 0 Å². The molecule has 0 amide bonds. The lowest BCUT2D eigenvalue weighted by Crippen LogP contribution is -2.15. The number of nitrogens with zero attached hydrogens (tertiary/aromatic N) is 1. The van der Waals surface area contributed by atoms with Crippen LogP contribution in [0, 0.1) is 27.7 Å². The number of hydrazone groups is 1. The van der Waals surface area contributed by atoms with E-state index in [1.807, 2.05) is 94.4 Å². The second kappa shape index (κ2) is 8.97. The zero-order valence-corrected chi connectivity index (χ0v) is 17.9. The minimum Gasteiger partial charge on any atom is -0.399 e. The average molecular weight is 408 g/mol. The molecule has 0 aromatic heterocycles. The van der Waals surface area contributed by atoms with E-state index in [1.165, 1.54) is 0 Å². The summed E-state index contributed by atoms with van der Waals surface area (Å²) in [6.07, 6.45) is 1.58. The SMILES string of the molecule is Cc1cccc(C)c1OP(=O)(NN=Cc1ccccc1)Oc1c(C)cccc1C. The van der Waals surface area contributed by atoms with E-state index in [-0.39, 0.29) is 0 Å². The van der Waals surface area contributed by atoms with Gasteiger partial charge in [-0.05, 0) is 55.5 Å². The molecule has 0 spiro atoms. The van der Waals surface area contributed by atoms with Gasteiger partial charge < -0.3 is 9.05 Å². The number of para-hydroxylation sites is 2. The molecule has 150 valence electrons. The van der Waals surface area contributed by atoms with Crippen LogP contribution in [0.5, 0.6) is 11.5 Å². The van der Waals surface area contributed by atoms with Gasteiger partial charge in [0.05, 0.1) is 6.21 Å². The van der Waals surface area contributed by atoms with Crippen LogP contribution in [0.25, 0.3) is 0 Å². The van der Waals surface area contributed by atoms with Gasteiger partial charge in [-0.1, -0.05) is 66.7 Å². The number of hydrogen-bond acceptors (Lipinski definition) is 4. The van der Waals surface area contributed by atoms with E-state index in [0.29, 0.717) is 11.5 Å². The first-order valence-electron chi connectivity index (χ1n) is 9.35. The van der Waals surface area contributed by atoms with Crippen LogP contribution >= 0.6 is 7.75 Å². The minimum atomic E-state index is -3.86. The number of hydrogen-bond donors (Lipinski definition) is 1. The quantitative estimate of drug-likeness (QED) is 0.291. The third-order valence-electron chi connectivity index (χ3n) is 4.43. The third-order valence-corrected chi connectivity index (χ3v) is 5.64. The maximum absolute atomic E-state index is 13.7. The Hall–Kier alpha value is -3.04. The zero-order chi connectivity index (χ0) is 20.9. The van der Waals surface area contributed by atoms with Crippen LogP contribution in [0.1, 0.15) is 27.8 Å². The van der Waals surface area contributed by atoms with Gasteiger partial charge in [0, 0.05) is 0 Å². The summed E-state index contributed by atoms with van der Waals surface area (Å²) in [5.74, 6) is 1.04. The molecule has 0 saturated carbocycles. The molecule has 3 aromatic rings. The normalized spacial score (nSPS) is 11.4. The summed E-state index contributed by atoms with van der Waals surface area (Å²) >= 11 is 0. The largest absolute Gasteiger partial charge is 0.557 e. The van der Waals surface area contributed by atoms with Crippen LogP contribution in [0.3, 0.4) is 0 Å². The van der Waals surface area contributed by atoms with Crippen molar-refractivity contribution >= 4 is 14.0 Å². The van der Waals surface area contributed by atoms with Gasteiger partial charge in [0.25, 0.3) is 0 Å². The maximum atomic E-state index is 13.7. The highest BCUT2D eigenvalue weighted by molar-refractivity contribution is 7.52. The molecular formula is C23H25N2O3P. The number of benzene rings is 3. The van der Waals surface area contributed by atoms with Gasteiger partial charge in [-0.25, -0.2) is 4.57 Å². The van der Waals surface area contributed by atoms with Crippen LogP contribution in [-0.2, 0) is 4.57 Å². The van der Waals surface area contributed by atoms with E-state index < -0.39 is 7.75 Å². The van der Waals surface area contributed by atoms with E-state index in [4.69, 9.17) is 9.05 Å². The van der Waals surface area contributed by atoms with Crippen LogP contribution in [0.4, 0.5) is 0 Å². The van der Waals surface area contributed by atoms with E-state index >= 15 is 0 Å². The van der Waals surface area contributed by atoms with Crippen molar-refractivity contribution in [2.24, 2.45) is 5.10 Å². The van der Waals surface area contributed by atoms with E-state index in [0.717, 1.165) is 27.8 Å². The Kier molecular flexibility index (Phi) is 6.40. The predicted molar refractivity (Wildman–Crippen MR) is 118 cm³/mol. The van der Waals surface area contributed by atoms with Gasteiger partial charge in [0.1, 0.15) is 11.5 Å². The topological polar surface area (TPSA) is 59.9 Å². The molecule has 0 heterocycles. The van der Waals surface area contributed by atoms with E-state index in [9.17, 15) is 4.57 Å². The van der Waals surface area contributed by atoms with Gasteiger partial charge in [0.2, 0.25) is 0 Å². The van der Waals surface area contributed by atoms with Gasteiger partial charge >= 0.3 is 7.75 Å².